The van der Waals surface area contributed by atoms with E-state index in [2.05, 4.69) is 5.32 Å². The van der Waals surface area contributed by atoms with Gasteiger partial charge in [0.15, 0.2) is 0 Å². The average molecular weight is 462 g/mol. The highest BCUT2D eigenvalue weighted by Crippen LogP contribution is 2.44. The van der Waals surface area contributed by atoms with Gasteiger partial charge in [0.05, 0.1) is 19.6 Å². The van der Waals surface area contributed by atoms with Crippen LogP contribution in [0.4, 0.5) is 13.6 Å². The van der Waals surface area contributed by atoms with Gasteiger partial charge in [0.2, 0.25) is 5.91 Å². The molecule has 8 nitrogen and oxygen atoms in total. The van der Waals surface area contributed by atoms with Crippen LogP contribution in [0.3, 0.4) is 0 Å². The van der Waals surface area contributed by atoms with Gasteiger partial charge < -0.3 is 25.2 Å². The van der Waals surface area contributed by atoms with Crippen molar-refractivity contribution in [2.75, 3.05) is 26.3 Å². The molecule has 0 saturated heterocycles. The molecule has 0 fully saturated rings. The molecule has 1 unspecified atom stereocenters. The van der Waals surface area contributed by atoms with E-state index in [1.807, 2.05) is 48.5 Å². The van der Waals surface area contributed by atoms with Gasteiger partial charge in [-0.15, -0.1) is 0 Å². The standard InChI is InChI=1S/C23H24F2N2O6/c24-20(25)12-27(9-10-28)22(31)19(11-21(29)30)26-23(32)33-13-18-16-7-3-1-5-14(16)15-6-2-4-8-17(15)18/h1-8,18-20,28H,9-13H2,(H,26,32)(H,29,30). The molecule has 1 aliphatic rings. The van der Waals surface area contributed by atoms with Gasteiger partial charge in [0.1, 0.15) is 12.6 Å². The lowest BCUT2D eigenvalue weighted by molar-refractivity contribution is -0.143. The molecule has 0 spiro atoms. The number of ether oxygens (including phenoxy) is 1. The second-order valence-electron chi connectivity index (χ2n) is 7.52. The molecule has 2 amide bonds. The summed E-state index contributed by atoms with van der Waals surface area (Å²) in [5.41, 5.74) is 3.98. The summed E-state index contributed by atoms with van der Waals surface area (Å²) in [6, 6.07) is 13.7. The van der Waals surface area contributed by atoms with Crippen molar-refractivity contribution in [1.29, 1.82) is 0 Å². The highest BCUT2D eigenvalue weighted by molar-refractivity contribution is 5.89. The van der Waals surface area contributed by atoms with Gasteiger partial charge in [0, 0.05) is 12.5 Å². The zero-order valence-corrected chi connectivity index (χ0v) is 17.6. The number of hydrogen-bond donors (Lipinski definition) is 3. The van der Waals surface area contributed by atoms with E-state index < -0.39 is 56.6 Å². The van der Waals surface area contributed by atoms with Crippen LogP contribution >= 0.6 is 0 Å². The Kier molecular flexibility index (Phi) is 7.94. The number of alkyl halides is 2. The molecule has 3 rings (SSSR count). The van der Waals surface area contributed by atoms with Crippen molar-refractivity contribution in [3.8, 4) is 11.1 Å². The minimum absolute atomic E-state index is 0.0643. The monoisotopic (exact) mass is 462 g/mol. The zero-order valence-electron chi connectivity index (χ0n) is 17.6. The number of fused-ring (bicyclic) bond motifs is 3. The molecule has 0 bridgehead atoms. The fourth-order valence-corrected chi connectivity index (χ4v) is 3.96. The zero-order chi connectivity index (χ0) is 24.0. The average Bonchev–Trinajstić information content (AvgIpc) is 3.09. The molecule has 0 saturated carbocycles. The topological polar surface area (TPSA) is 116 Å². The second-order valence-corrected chi connectivity index (χ2v) is 7.52. The first-order valence-corrected chi connectivity index (χ1v) is 10.3. The second kappa shape index (κ2) is 10.9. The fourth-order valence-electron chi connectivity index (χ4n) is 3.96. The van der Waals surface area contributed by atoms with E-state index in [4.69, 9.17) is 14.9 Å². The first-order valence-electron chi connectivity index (χ1n) is 10.3. The highest BCUT2D eigenvalue weighted by Gasteiger charge is 2.32. The number of hydrogen-bond acceptors (Lipinski definition) is 5. The largest absolute Gasteiger partial charge is 0.481 e. The van der Waals surface area contributed by atoms with Crippen molar-refractivity contribution in [2.24, 2.45) is 0 Å². The van der Waals surface area contributed by atoms with Crippen molar-refractivity contribution >= 4 is 18.0 Å². The van der Waals surface area contributed by atoms with Gasteiger partial charge in [-0.25, -0.2) is 13.6 Å². The molecule has 0 heterocycles. The number of rotatable bonds is 10. The van der Waals surface area contributed by atoms with Crippen molar-refractivity contribution in [3.63, 3.8) is 0 Å². The summed E-state index contributed by atoms with van der Waals surface area (Å²) >= 11 is 0. The molecule has 2 aromatic carbocycles. The van der Waals surface area contributed by atoms with Gasteiger partial charge in [-0.3, -0.25) is 9.59 Å². The molecule has 3 N–H and O–H groups in total. The molecule has 2 aromatic rings. The molecule has 10 heteroatoms. The smallest absolute Gasteiger partial charge is 0.407 e. The number of carboxylic acid groups (broad SMARTS) is 1. The molecular formula is C23H24F2N2O6. The normalized spacial score (nSPS) is 13.2. The van der Waals surface area contributed by atoms with E-state index >= 15 is 0 Å². The first-order chi connectivity index (χ1) is 15.8. The van der Waals surface area contributed by atoms with Crippen LogP contribution < -0.4 is 5.32 Å². The third kappa shape index (κ3) is 5.83. The minimum Gasteiger partial charge on any atom is -0.481 e. The number of aliphatic hydroxyl groups is 1. The van der Waals surface area contributed by atoms with Gasteiger partial charge in [0.25, 0.3) is 6.43 Å². The number of nitrogens with zero attached hydrogens (tertiary/aromatic N) is 1. The molecule has 0 radical (unpaired) electrons. The Labute approximate surface area is 188 Å². The first kappa shape index (κ1) is 24.1. The summed E-state index contributed by atoms with van der Waals surface area (Å²) in [5, 5.41) is 20.3. The molecule has 176 valence electrons. The number of carboxylic acids is 1. The summed E-state index contributed by atoms with van der Waals surface area (Å²) < 4.78 is 30.9. The summed E-state index contributed by atoms with van der Waals surface area (Å²) in [6.07, 6.45) is -4.76. The van der Waals surface area contributed by atoms with E-state index in [1.54, 1.807) is 0 Å². The number of carbonyl (C=O) groups excluding carboxylic acids is 2. The highest BCUT2D eigenvalue weighted by atomic mass is 19.3. The quantitative estimate of drug-likeness (QED) is 0.500. The summed E-state index contributed by atoms with van der Waals surface area (Å²) in [7, 11) is 0. The van der Waals surface area contributed by atoms with Crippen LogP contribution in [0.15, 0.2) is 48.5 Å². The predicted molar refractivity (Wildman–Crippen MR) is 114 cm³/mol. The van der Waals surface area contributed by atoms with E-state index in [1.165, 1.54) is 0 Å². The van der Waals surface area contributed by atoms with Crippen LogP contribution in [0.25, 0.3) is 11.1 Å². The maximum Gasteiger partial charge on any atom is 0.407 e. The number of amides is 2. The van der Waals surface area contributed by atoms with Crippen LogP contribution in [0.2, 0.25) is 0 Å². The van der Waals surface area contributed by atoms with E-state index in [0.717, 1.165) is 22.3 Å². The number of alkyl carbamates (subject to hydrolysis) is 1. The molecule has 0 aliphatic heterocycles. The summed E-state index contributed by atoms with van der Waals surface area (Å²) in [6.45, 7) is -2.08. The summed E-state index contributed by atoms with van der Waals surface area (Å²) in [4.78, 5) is 36.8. The number of aliphatic carboxylic acids is 1. The lowest BCUT2D eigenvalue weighted by atomic mass is 9.98. The van der Waals surface area contributed by atoms with E-state index in [0.29, 0.717) is 4.90 Å². The minimum atomic E-state index is -2.89. The maximum absolute atomic E-state index is 12.8. The Morgan fingerprint density at radius 2 is 1.61 bits per heavy atom. The number of benzene rings is 2. The van der Waals surface area contributed by atoms with Crippen LogP contribution in [0.1, 0.15) is 23.5 Å². The SMILES string of the molecule is O=C(O)CC(NC(=O)OCC1c2ccccc2-c2ccccc21)C(=O)N(CCO)CC(F)F. The van der Waals surface area contributed by atoms with Crippen LogP contribution in [-0.4, -0.2) is 71.9 Å². The van der Waals surface area contributed by atoms with Gasteiger partial charge in [-0.2, -0.15) is 0 Å². The van der Waals surface area contributed by atoms with Crippen molar-refractivity contribution in [3.05, 3.63) is 59.7 Å². The molecule has 33 heavy (non-hydrogen) atoms. The van der Waals surface area contributed by atoms with Crippen LogP contribution in [-0.2, 0) is 14.3 Å². The summed E-state index contributed by atoms with van der Waals surface area (Å²) in [5.74, 6) is -2.70. The Hall–Kier alpha value is -3.53. The Morgan fingerprint density at radius 1 is 1.03 bits per heavy atom. The predicted octanol–water partition coefficient (Wildman–Crippen LogP) is 2.45. The number of nitrogens with one attached hydrogen (secondary N) is 1. The third-order valence-corrected chi connectivity index (χ3v) is 5.35. The Balaban J connectivity index is 1.70. The van der Waals surface area contributed by atoms with Gasteiger partial charge in [-0.1, -0.05) is 48.5 Å². The molecule has 1 atom stereocenters. The third-order valence-electron chi connectivity index (χ3n) is 5.35. The van der Waals surface area contributed by atoms with Crippen LogP contribution in [0.5, 0.6) is 0 Å². The Bertz CT molecular complexity index is 970. The van der Waals surface area contributed by atoms with Gasteiger partial charge in [-0.05, 0) is 22.3 Å². The van der Waals surface area contributed by atoms with Crippen LogP contribution in [0, 0.1) is 0 Å². The fraction of sp³-hybridized carbons (Fsp3) is 0.348. The van der Waals surface area contributed by atoms with E-state index in [9.17, 15) is 23.2 Å². The lowest BCUT2D eigenvalue weighted by Gasteiger charge is -2.26. The molecular weight excluding hydrogens is 438 g/mol. The molecule has 1 aliphatic carbocycles. The van der Waals surface area contributed by atoms with Crippen molar-refractivity contribution in [1.82, 2.24) is 10.2 Å². The lowest BCUT2D eigenvalue weighted by Crippen LogP contribution is -2.51. The van der Waals surface area contributed by atoms with Crippen molar-refractivity contribution in [2.45, 2.75) is 24.8 Å². The van der Waals surface area contributed by atoms with Gasteiger partial charge >= 0.3 is 12.1 Å². The van der Waals surface area contributed by atoms with Crippen molar-refractivity contribution < 1.29 is 38.1 Å². The number of carbonyl (C=O) groups is 3. The molecule has 0 aromatic heterocycles. The van der Waals surface area contributed by atoms with E-state index in [-0.39, 0.29) is 12.5 Å². The number of aliphatic hydroxyl groups excluding tert-OH is 1. The number of halogens is 2. The Morgan fingerprint density at radius 3 is 2.12 bits per heavy atom. The maximum atomic E-state index is 12.8.